The quantitative estimate of drug-likeness (QED) is 0.284. The van der Waals surface area contributed by atoms with Crippen molar-refractivity contribution in [1.29, 1.82) is 5.41 Å². The molecule has 1 amide bonds. The average molecular weight is 537 g/mol. The third kappa shape index (κ3) is 5.17. The van der Waals surface area contributed by atoms with Gasteiger partial charge in [-0.05, 0) is 24.4 Å². The molecule has 11 heteroatoms. The Balaban J connectivity index is 1.37. The Labute approximate surface area is 225 Å². The maximum Gasteiger partial charge on any atom is 0.253 e. The molecule has 2 aromatic heterocycles. The third-order valence-corrected chi connectivity index (χ3v) is 7.27. The van der Waals surface area contributed by atoms with Crippen LogP contribution in [0.25, 0.3) is 21.8 Å². The van der Waals surface area contributed by atoms with Crippen molar-refractivity contribution >= 4 is 39.9 Å². The van der Waals surface area contributed by atoms with Gasteiger partial charge in [0, 0.05) is 67.8 Å². The Bertz CT molecular complexity index is 1580. The molecule has 1 fully saturated rings. The summed E-state index contributed by atoms with van der Waals surface area (Å²) in [6, 6.07) is 11.4. The lowest BCUT2D eigenvalue weighted by atomic mass is 10.1. The van der Waals surface area contributed by atoms with Crippen LogP contribution in [-0.2, 0) is 17.8 Å². The summed E-state index contributed by atoms with van der Waals surface area (Å²) in [6.45, 7) is 5.63. The number of para-hydroxylation sites is 1. The average Bonchev–Trinajstić information content (AvgIpc) is 3.31. The number of benzene rings is 2. The summed E-state index contributed by atoms with van der Waals surface area (Å²) >= 11 is 5.60. The molecule has 0 bridgehead atoms. The summed E-state index contributed by atoms with van der Waals surface area (Å²) in [5, 5.41) is 13.5. The van der Waals surface area contributed by atoms with E-state index in [1.165, 1.54) is 0 Å². The normalized spacial score (nSPS) is 14.2. The van der Waals surface area contributed by atoms with Gasteiger partial charge in [0.15, 0.2) is 16.3 Å². The lowest BCUT2D eigenvalue weighted by Gasteiger charge is -2.26. The van der Waals surface area contributed by atoms with Crippen LogP contribution in [0.4, 0.5) is 0 Å². The van der Waals surface area contributed by atoms with Crippen LogP contribution < -0.4 is 20.3 Å². The topological polar surface area (TPSA) is 110 Å². The van der Waals surface area contributed by atoms with Gasteiger partial charge < -0.3 is 33.6 Å². The molecule has 0 aliphatic carbocycles. The Morgan fingerprint density at radius 2 is 1.82 bits per heavy atom. The van der Waals surface area contributed by atoms with Gasteiger partial charge in [0.25, 0.3) is 5.91 Å². The molecule has 0 spiro atoms. The zero-order valence-corrected chi connectivity index (χ0v) is 22.4. The van der Waals surface area contributed by atoms with Gasteiger partial charge in [-0.15, -0.1) is 0 Å². The molecule has 2 aromatic carbocycles. The van der Waals surface area contributed by atoms with Gasteiger partial charge in [0.2, 0.25) is 0 Å². The molecule has 1 aliphatic rings. The van der Waals surface area contributed by atoms with Crippen LogP contribution in [0.3, 0.4) is 0 Å². The fourth-order valence-corrected chi connectivity index (χ4v) is 5.18. The molecular weight excluding hydrogens is 504 g/mol. The van der Waals surface area contributed by atoms with Gasteiger partial charge in [-0.3, -0.25) is 15.1 Å². The number of H-pyrrole nitrogens is 1. The fourth-order valence-electron chi connectivity index (χ4n) is 4.89. The predicted molar refractivity (Wildman–Crippen MR) is 148 cm³/mol. The number of nitrogens with one attached hydrogen (secondary N) is 3. The Hall–Kier alpha value is -3.67. The van der Waals surface area contributed by atoms with Crippen molar-refractivity contribution in [3.8, 4) is 11.5 Å². The number of nitrogens with zero attached hydrogens (tertiary/aromatic N) is 3. The van der Waals surface area contributed by atoms with Crippen molar-refractivity contribution in [3.05, 3.63) is 58.4 Å². The van der Waals surface area contributed by atoms with E-state index in [9.17, 15) is 4.79 Å². The number of aromatic amines is 1. The number of aryl methyl sites for hydroxylation is 1. The van der Waals surface area contributed by atoms with E-state index in [2.05, 4.69) is 15.2 Å². The number of hydrogen-bond acceptors (Lipinski definition) is 7. The van der Waals surface area contributed by atoms with Crippen LogP contribution in [-0.4, -0.2) is 78.5 Å². The Morgan fingerprint density at radius 1 is 1.08 bits per heavy atom. The van der Waals surface area contributed by atoms with Crippen molar-refractivity contribution in [1.82, 2.24) is 24.3 Å². The molecule has 3 N–H and O–H groups in total. The first kappa shape index (κ1) is 26.0. The minimum absolute atomic E-state index is 0.0916. The van der Waals surface area contributed by atoms with E-state index in [1.54, 1.807) is 30.9 Å². The molecule has 3 heterocycles. The fraction of sp³-hybridized carbons (Fsp3) is 0.370. The lowest BCUT2D eigenvalue weighted by Crippen LogP contribution is -2.41. The smallest absolute Gasteiger partial charge is 0.253 e. The summed E-state index contributed by atoms with van der Waals surface area (Å²) in [7, 11) is 3.14. The van der Waals surface area contributed by atoms with E-state index >= 15 is 0 Å². The Kier molecular flexibility index (Phi) is 7.77. The first-order chi connectivity index (χ1) is 18.5. The first-order valence-electron chi connectivity index (χ1n) is 12.6. The van der Waals surface area contributed by atoms with E-state index in [4.69, 9.17) is 31.8 Å². The first-order valence-corrected chi connectivity index (χ1v) is 13.0. The summed E-state index contributed by atoms with van der Waals surface area (Å²) in [4.78, 5) is 18.6. The van der Waals surface area contributed by atoms with Gasteiger partial charge in [0.1, 0.15) is 5.49 Å². The Morgan fingerprint density at radius 3 is 2.58 bits per heavy atom. The highest BCUT2D eigenvalue weighted by atomic mass is 32.1. The van der Waals surface area contributed by atoms with Crippen LogP contribution in [0.5, 0.6) is 11.5 Å². The monoisotopic (exact) mass is 536 g/mol. The van der Waals surface area contributed by atoms with Gasteiger partial charge >= 0.3 is 0 Å². The maximum absolute atomic E-state index is 13.1. The van der Waals surface area contributed by atoms with E-state index in [-0.39, 0.29) is 11.4 Å². The van der Waals surface area contributed by atoms with E-state index in [0.717, 1.165) is 43.8 Å². The number of ether oxygens (including phenoxy) is 3. The predicted octanol–water partition coefficient (Wildman–Crippen LogP) is 2.91. The number of morpholine rings is 1. The molecule has 0 atom stereocenters. The number of amides is 1. The van der Waals surface area contributed by atoms with Crippen LogP contribution in [0.1, 0.15) is 10.4 Å². The van der Waals surface area contributed by atoms with Crippen molar-refractivity contribution < 1.29 is 19.0 Å². The van der Waals surface area contributed by atoms with E-state index in [0.29, 0.717) is 52.4 Å². The van der Waals surface area contributed by atoms with Gasteiger partial charge in [0.05, 0.1) is 38.5 Å². The second-order valence-corrected chi connectivity index (χ2v) is 9.53. The summed E-state index contributed by atoms with van der Waals surface area (Å²) < 4.78 is 20.4. The molecule has 1 saturated heterocycles. The molecule has 0 radical (unpaired) electrons. The van der Waals surface area contributed by atoms with Gasteiger partial charge in [-0.25, -0.2) is 0 Å². The summed E-state index contributed by atoms with van der Waals surface area (Å²) in [5.41, 5.74) is 2.58. The molecule has 0 saturated carbocycles. The third-order valence-electron chi connectivity index (χ3n) is 6.95. The molecule has 1 aliphatic heterocycles. The second-order valence-electron chi connectivity index (χ2n) is 9.15. The zero-order chi connectivity index (χ0) is 26.6. The molecule has 200 valence electrons. The van der Waals surface area contributed by atoms with Crippen LogP contribution in [0, 0.1) is 10.2 Å². The molecule has 0 unspecified atom stereocenters. The molecule has 4 aromatic rings. The summed E-state index contributed by atoms with van der Waals surface area (Å²) in [6.07, 6.45) is 1.89. The standard InChI is InChI=1S/C27H32N6O4S/c1-35-23-15-19-21(16-24(23)36-2)30-27(38)33(25(19)28)10-9-32-17-20(18-5-3-4-6-22(18)32)26(34)29-7-8-31-11-13-37-14-12-31/h3-6,15-17,28H,7-14H2,1-2H3,(H,29,34)(H,30,38). The minimum Gasteiger partial charge on any atom is -0.493 e. The maximum atomic E-state index is 13.1. The number of rotatable bonds is 9. The van der Waals surface area contributed by atoms with Gasteiger partial charge in [-0.2, -0.15) is 0 Å². The van der Waals surface area contributed by atoms with Crippen molar-refractivity contribution in [2.75, 3.05) is 53.6 Å². The number of carbonyl (C=O) groups is 1. The number of carbonyl (C=O) groups excluding carboxylic acids is 1. The highest BCUT2D eigenvalue weighted by Gasteiger charge is 2.16. The van der Waals surface area contributed by atoms with Crippen molar-refractivity contribution in [3.63, 3.8) is 0 Å². The zero-order valence-electron chi connectivity index (χ0n) is 21.6. The molecule has 38 heavy (non-hydrogen) atoms. The molecule has 10 nitrogen and oxygen atoms in total. The van der Waals surface area contributed by atoms with Crippen molar-refractivity contribution in [2.24, 2.45) is 0 Å². The van der Waals surface area contributed by atoms with E-state index in [1.807, 2.05) is 35.0 Å². The number of fused-ring (bicyclic) bond motifs is 2. The second kappa shape index (κ2) is 11.4. The minimum atomic E-state index is -0.0916. The highest BCUT2D eigenvalue weighted by molar-refractivity contribution is 7.71. The number of aromatic nitrogens is 3. The summed E-state index contributed by atoms with van der Waals surface area (Å²) in [5.74, 6) is 1.02. The van der Waals surface area contributed by atoms with Gasteiger partial charge in [-0.1, -0.05) is 18.2 Å². The van der Waals surface area contributed by atoms with Crippen LogP contribution >= 0.6 is 12.2 Å². The van der Waals surface area contributed by atoms with Crippen LogP contribution in [0.2, 0.25) is 0 Å². The van der Waals surface area contributed by atoms with Crippen LogP contribution in [0.15, 0.2) is 42.6 Å². The molecule has 5 rings (SSSR count). The SMILES string of the molecule is COc1cc2[nH]c(=S)n(CCn3cc(C(=O)NCCN4CCOCC4)c4ccccc43)c(=N)c2cc1OC. The number of methoxy groups -OCH3 is 2. The highest BCUT2D eigenvalue weighted by Crippen LogP contribution is 2.30. The largest absolute Gasteiger partial charge is 0.493 e. The van der Waals surface area contributed by atoms with Crippen molar-refractivity contribution in [2.45, 2.75) is 13.1 Å². The number of hydrogen-bond donors (Lipinski definition) is 3. The molecular formula is C27H32N6O4S. The van der Waals surface area contributed by atoms with E-state index < -0.39 is 0 Å². The lowest BCUT2D eigenvalue weighted by molar-refractivity contribution is 0.0383.